The Kier molecular flexibility index (Phi) is 3.68. The van der Waals surface area contributed by atoms with E-state index in [0.717, 1.165) is 37.9 Å². The summed E-state index contributed by atoms with van der Waals surface area (Å²) in [5.74, 6) is 1.45. The van der Waals surface area contributed by atoms with Gasteiger partial charge >= 0.3 is 0 Å². The molecule has 0 aromatic carbocycles. The summed E-state index contributed by atoms with van der Waals surface area (Å²) in [6.07, 6.45) is 7.18. The van der Waals surface area contributed by atoms with E-state index in [1.807, 2.05) is 0 Å². The maximum Gasteiger partial charge on any atom is 0.241 e. The fourth-order valence-electron chi connectivity index (χ4n) is 2.84. The fraction of sp³-hybridized carbons (Fsp3) is 0.615. The average Bonchev–Trinajstić information content (AvgIpc) is 2.95. The number of carbonyl (C=O) groups excluding carboxylic acids is 1. The summed E-state index contributed by atoms with van der Waals surface area (Å²) >= 11 is 0. The van der Waals surface area contributed by atoms with Crippen molar-refractivity contribution in [2.75, 3.05) is 6.54 Å². The van der Waals surface area contributed by atoms with E-state index in [4.69, 9.17) is 5.73 Å². The highest BCUT2D eigenvalue weighted by atomic mass is 16.2. The Morgan fingerprint density at radius 1 is 1.45 bits per heavy atom. The lowest BCUT2D eigenvalue weighted by atomic mass is 9.82. The standard InChI is InChI=1S/C13H20N6O/c14-5-9-1-3-10(4-2-9)13(20)18-19-6-11-12(17-8-19)16-7-15-11/h7-10H,1-6,14H2,(H,15,16)(H,18,20)/t9-,10-. The zero-order chi connectivity index (χ0) is 13.9. The number of carbonyl (C=O) groups is 1. The fourth-order valence-corrected chi connectivity index (χ4v) is 2.84. The average molecular weight is 276 g/mol. The van der Waals surface area contributed by atoms with E-state index in [-0.39, 0.29) is 11.8 Å². The highest BCUT2D eigenvalue weighted by molar-refractivity contribution is 5.80. The van der Waals surface area contributed by atoms with Crippen LogP contribution < -0.4 is 11.2 Å². The van der Waals surface area contributed by atoms with E-state index >= 15 is 0 Å². The number of nitrogens with zero attached hydrogens (tertiary/aromatic N) is 3. The number of hydrogen-bond donors (Lipinski definition) is 3. The number of aromatic nitrogens is 2. The molecule has 108 valence electrons. The van der Waals surface area contributed by atoms with E-state index in [2.05, 4.69) is 20.4 Å². The zero-order valence-corrected chi connectivity index (χ0v) is 11.4. The summed E-state index contributed by atoms with van der Waals surface area (Å²) in [4.78, 5) is 23.5. The van der Waals surface area contributed by atoms with Crippen molar-refractivity contribution < 1.29 is 4.79 Å². The molecule has 20 heavy (non-hydrogen) atoms. The quantitative estimate of drug-likeness (QED) is 0.756. The minimum atomic E-state index is 0.0786. The Labute approximate surface area is 117 Å². The van der Waals surface area contributed by atoms with Gasteiger partial charge in [0.15, 0.2) is 5.82 Å². The summed E-state index contributed by atoms with van der Waals surface area (Å²) in [7, 11) is 0. The van der Waals surface area contributed by atoms with E-state index in [9.17, 15) is 4.79 Å². The molecule has 0 radical (unpaired) electrons. The van der Waals surface area contributed by atoms with Gasteiger partial charge in [-0.3, -0.25) is 15.2 Å². The van der Waals surface area contributed by atoms with Crippen LogP contribution in [0.5, 0.6) is 0 Å². The number of H-pyrrole nitrogens is 1. The molecule has 0 spiro atoms. The molecule has 0 saturated heterocycles. The second-order valence-corrected chi connectivity index (χ2v) is 5.51. The molecule has 7 heteroatoms. The maximum atomic E-state index is 12.2. The van der Waals surface area contributed by atoms with Crippen LogP contribution in [-0.4, -0.2) is 33.8 Å². The van der Waals surface area contributed by atoms with Crippen molar-refractivity contribution in [3.8, 4) is 0 Å². The molecule has 1 aliphatic carbocycles. The molecule has 1 aliphatic heterocycles. The monoisotopic (exact) mass is 276 g/mol. The summed E-state index contributed by atoms with van der Waals surface area (Å²) in [5.41, 5.74) is 9.51. The first-order valence-corrected chi connectivity index (χ1v) is 7.10. The SMILES string of the molecule is NC[C@H]1CC[C@H](C(=O)NN2C=Nc3nc[nH]c3C2)CC1. The minimum Gasteiger partial charge on any atom is -0.345 e. The topological polar surface area (TPSA) is 99.4 Å². The molecule has 4 N–H and O–H groups in total. The molecule has 1 aromatic heterocycles. The number of amides is 1. The molecule has 1 saturated carbocycles. The van der Waals surface area contributed by atoms with Crippen LogP contribution >= 0.6 is 0 Å². The van der Waals surface area contributed by atoms with Crippen molar-refractivity contribution in [2.24, 2.45) is 22.6 Å². The molecule has 7 nitrogen and oxygen atoms in total. The second kappa shape index (κ2) is 5.62. The number of fused-ring (bicyclic) bond motifs is 1. The van der Waals surface area contributed by atoms with Gasteiger partial charge in [-0.25, -0.2) is 9.98 Å². The summed E-state index contributed by atoms with van der Waals surface area (Å²) < 4.78 is 0. The van der Waals surface area contributed by atoms with Crippen LogP contribution in [0.25, 0.3) is 0 Å². The Bertz CT molecular complexity index is 503. The van der Waals surface area contributed by atoms with Crippen LogP contribution in [-0.2, 0) is 11.3 Å². The lowest BCUT2D eigenvalue weighted by molar-refractivity contribution is -0.129. The number of aromatic amines is 1. The number of imidazole rings is 1. The van der Waals surface area contributed by atoms with E-state index in [0.29, 0.717) is 18.3 Å². The molecule has 0 bridgehead atoms. The minimum absolute atomic E-state index is 0.0786. The molecular weight excluding hydrogens is 256 g/mol. The maximum absolute atomic E-state index is 12.2. The van der Waals surface area contributed by atoms with Crippen molar-refractivity contribution in [3.05, 3.63) is 12.0 Å². The molecule has 0 atom stereocenters. The largest absolute Gasteiger partial charge is 0.345 e. The second-order valence-electron chi connectivity index (χ2n) is 5.51. The van der Waals surface area contributed by atoms with Gasteiger partial charge in [0.05, 0.1) is 18.6 Å². The first kappa shape index (κ1) is 13.1. The van der Waals surface area contributed by atoms with E-state index in [1.54, 1.807) is 17.7 Å². The van der Waals surface area contributed by atoms with Crippen LogP contribution in [0.4, 0.5) is 5.82 Å². The Morgan fingerprint density at radius 2 is 2.25 bits per heavy atom. The highest BCUT2D eigenvalue weighted by Gasteiger charge is 2.27. The normalized spacial score (nSPS) is 25.4. The van der Waals surface area contributed by atoms with Crippen molar-refractivity contribution >= 4 is 18.1 Å². The van der Waals surface area contributed by atoms with Gasteiger partial charge in [-0.1, -0.05) is 0 Å². The molecule has 1 aromatic rings. The number of nitrogens with one attached hydrogen (secondary N) is 2. The van der Waals surface area contributed by atoms with Gasteiger partial charge in [0.25, 0.3) is 0 Å². The molecule has 3 rings (SSSR count). The summed E-state index contributed by atoms with van der Waals surface area (Å²) in [5, 5.41) is 1.71. The first-order valence-electron chi connectivity index (χ1n) is 7.10. The zero-order valence-electron chi connectivity index (χ0n) is 11.4. The van der Waals surface area contributed by atoms with Crippen LogP contribution in [0.2, 0.25) is 0 Å². The Hall–Kier alpha value is -1.89. The molecule has 0 unspecified atom stereocenters. The summed E-state index contributed by atoms with van der Waals surface area (Å²) in [6.45, 7) is 1.30. The van der Waals surface area contributed by atoms with Crippen molar-refractivity contribution in [1.29, 1.82) is 0 Å². The van der Waals surface area contributed by atoms with Gasteiger partial charge in [0.2, 0.25) is 5.91 Å². The summed E-state index contributed by atoms with van der Waals surface area (Å²) in [6, 6.07) is 0. The molecule has 2 heterocycles. The van der Waals surface area contributed by atoms with Gasteiger partial charge in [-0.05, 0) is 38.1 Å². The Morgan fingerprint density at radius 3 is 3.00 bits per heavy atom. The lowest BCUT2D eigenvalue weighted by Crippen LogP contribution is -2.45. The van der Waals surface area contributed by atoms with Gasteiger partial charge < -0.3 is 10.7 Å². The van der Waals surface area contributed by atoms with E-state index in [1.165, 1.54) is 0 Å². The molecule has 2 aliphatic rings. The van der Waals surface area contributed by atoms with Crippen LogP contribution in [0.15, 0.2) is 11.3 Å². The van der Waals surface area contributed by atoms with E-state index < -0.39 is 0 Å². The first-order chi connectivity index (χ1) is 9.76. The third-order valence-corrected chi connectivity index (χ3v) is 4.15. The third-order valence-electron chi connectivity index (χ3n) is 4.15. The number of hydrazine groups is 1. The van der Waals surface area contributed by atoms with Crippen LogP contribution in [0, 0.1) is 11.8 Å². The van der Waals surface area contributed by atoms with Gasteiger partial charge in [-0.2, -0.15) is 0 Å². The van der Waals surface area contributed by atoms with Gasteiger partial charge in [0, 0.05) is 5.92 Å². The smallest absolute Gasteiger partial charge is 0.241 e. The number of nitrogens with two attached hydrogens (primary N) is 1. The lowest BCUT2D eigenvalue weighted by Gasteiger charge is -2.29. The van der Waals surface area contributed by atoms with Crippen LogP contribution in [0.3, 0.4) is 0 Å². The van der Waals surface area contributed by atoms with Crippen molar-refractivity contribution in [3.63, 3.8) is 0 Å². The number of rotatable bonds is 3. The molecule has 1 fully saturated rings. The van der Waals surface area contributed by atoms with Crippen molar-refractivity contribution in [1.82, 2.24) is 20.4 Å². The molecular formula is C13H20N6O. The predicted octanol–water partition coefficient (Wildman–Crippen LogP) is 0.681. The van der Waals surface area contributed by atoms with Gasteiger partial charge in [0.1, 0.15) is 6.34 Å². The van der Waals surface area contributed by atoms with Gasteiger partial charge in [-0.15, -0.1) is 0 Å². The highest BCUT2D eigenvalue weighted by Crippen LogP contribution is 2.28. The predicted molar refractivity (Wildman–Crippen MR) is 74.9 cm³/mol. The number of hydrogen-bond acceptors (Lipinski definition) is 5. The third kappa shape index (κ3) is 2.67. The van der Waals surface area contributed by atoms with Crippen LogP contribution in [0.1, 0.15) is 31.4 Å². The number of aliphatic imine (C=N–C) groups is 1. The molecule has 1 amide bonds. The Balaban J connectivity index is 1.53. The van der Waals surface area contributed by atoms with Crippen molar-refractivity contribution in [2.45, 2.75) is 32.2 Å².